The van der Waals surface area contributed by atoms with Crippen molar-refractivity contribution in [3.8, 4) is 0 Å². The first-order chi connectivity index (χ1) is 10.2. The molecule has 0 fully saturated rings. The fourth-order valence-corrected chi connectivity index (χ4v) is 1.93. The second-order valence-corrected chi connectivity index (χ2v) is 5.09. The number of nitrogens with zero attached hydrogens (tertiary/aromatic N) is 1. The maximum Gasteiger partial charge on any atom is 0.0897 e. The summed E-state index contributed by atoms with van der Waals surface area (Å²) in [6, 6.07) is 14.0. The summed E-state index contributed by atoms with van der Waals surface area (Å²) in [5.74, 6) is 0. The van der Waals surface area contributed by atoms with Crippen LogP contribution in [0.25, 0.3) is 0 Å². The predicted octanol–water partition coefficient (Wildman–Crippen LogP) is 2.06. The largest absolute Gasteiger partial charge is 0.389 e. The van der Waals surface area contributed by atoms with E-state index < -0.39 is 6.10 Å². The first-order valence-electron chi connectivity index (χ1n) is 7.16. The Kier molecular flexibility index (Phi) is 6.34. The third kappa shape index (κ3) is 6.04. The normalized spacial score (nSPS) is 12.3. The molecule has 0 saturated carbocycles. The van der Waals surface area contributed by atoms with Gasteiger partial charge in [0.25, 0.3) is 0 Å². The number of aryl methyl sites for hydroxylation is 1. The molecule has 0 saturated heterocycles. The maximum absolute atomic E-state index is 9.85. The number of hydrogen-bond acceptors (Lipinski definition) is 4. The fourth-order valence-electron chi connectivity index (χ4n) is 1.93. The van der Waals surface area contributed by atoms with Crippen molar-refractivity contribution < 1.29 is 9.84 Å². The molecule has 0 aliphatic rings. The van der Waals surface area contributed by atoms with E-state index in [-0.39, 0.29) is 0 Å². The van der Waals surface area contributed by atoms with Crippen LogP contribution in [0.15, 0.2) is 48.7 Å². The number of benzene rings is 1. The molecule has 112 valence electrons. The minimum atomic E-state index is -0.507. The molecule has 2 rings (SSSR count). The zero-order valence-electron chi connectivity index (χ0n) is 12.3. The standard InChI is InChI=1S/C17H22N2O2/c1-14-7-8-16(10-19-14)9-18-11-17(20)13-21-12-15-5-3-2-4-6-15/h2-8,10,17-18,20H,9,11-13H2,1H3. The Balaban J connectivity index is 1.59. The van der Waals surface area contributed by atoms with Crippen molar-refractivity contribution in [2.24, 2.45) is 0 Å². The number of aliphatic hydroxyl groups excluding tert-OH is 1. The SMILES string of the molecule is Cc1ccc(CNCC(O)COCc2ccccc2)cn1. The lowest BCUT2D eigenvalue weighted by atomic mass is 10.2. The van der Waals surface area contributed by atoms with Crippen molar-refractivity contribution in [1.82, 2.24) is 10.3 Å². The molecule has 4 nitrogen and oxygen atoms in total. The Morgan fingerprint density at radius 1 is 1.14 bits per heavy atom. The van der Waals surface area contributed by atoms with Gasteiger partial charge >= 0.3 is 0 Å². The van der Waals surface area contributed by atoms with Crippen molar-refractivity contribution in [2.45, 2.75) is 26.2 Å². The van der Waals surface area contributed by atoms with Gasteiger partial charge in [-0.1, -0.05) is 36.4 Å². The van der Waals surface area contributed by atoms with E-state index in [2.05, 4.69) is 10.3 Å². The Labute approximate surface area is 125 Å². The maximum atomic E-state index is 9.85. The molecule has 0 aliphatic carbocycles. The lowest BCUT2D eigenvalue weighted by Gasteiger charge is -2.12. The summed E-state index contributed by atoms with van der Waals surface area (Å²) in [7, 11) is 0. The van der Waals surface area contributed by atoms with E-state index in [0.29, 0.717) is 26.3 Å². The summed E-state index contributed by atoms with van der Waals surface area (Å²) < 4.78 is 5.50. The van der Waals surface area contributed by atoms with E-state index in [0.717, 1.165) is 16.8 Å². The summed E-state index contributed by atoms with van der Waals surface area (Å²) in [6.45, 7) is 4.02. The van der Waals surface area contributed by atoms with E-state index in [1.165, 1.54) is 0 Å². The highest BCUT2D eigenvalue weighted by Crippen LogP contribution is 2.01. The van der Waals surface area contributed by atoms with Gasteiger partial charge in [-0.2, -0.15) is 0 Å². The van der Waals surface area contributed by atoms with Gasteiger partial charge in [-0.05, 0) is 24.1 Å². The number of nitrogens with one attached hydrogen (secondary N) is 1. The molecular formula is C17H22N2O2. The summed E-state index contributed by atoms with van der Waals surface area (Å²) >= 11 is 0. The van der Waals surface area contributed by atoms with Crippen molar-refractivity contribution in [2.75, 3.05) is 13.2 Å². The van der Waals surface area contributed by atoms with Crippen LogP contribution < -0.4 is 5.32 Å². The van der Waals surface area contributed by atoms with Gasteiger partial charge in [0.2, 0.25) is 0 Å². The highest BCUT2D eigenvalue weighted by Gasteiger charge is 2.04. The van der Waals surface area contributed by atoms with Crippen LogP contribution in [0.4, 0.5) is 0 Å². The van der Waals surface area contributed by atoms with Crippen molar-refractivity contribution in [1.29, 1.82) is 0 Å². The second kappa shape index (κ2) is 8.52. The van der Waals surface area contributed by atoms with Crippen LogP contribution >= 0.6 is 0 Å². The van der Waals surface area contributed by atoms with Gasteiger partial charge in [-0.3, -0.25) is 4.98 Å². The smallest absolute Gasteiger partial charge is 0.0897 e. The Bertz CT molecular complexity index is 514. The molecule has 4 heteroatoms. The summed E-state index contributed by atoms with van der Waals surface area (Å²) in [5.41, 5.74) is 3.23. The van der Waals surface area contributed by atoms with Gasteiger partial charge in [0.05, 0.1) is 19.3 Å². The van der Waals surface area contributed by atoms with E-state index in [1.54, 1.807) is 0 Å². The van der Waals surface area contributed by atoms with Crippen molar-refractivity contribution in [3.63, 3.8) is 0 Å². The summed E-state index contributed by atoms with van der Waals surface area (Å²) in [4.78, 5) is 4.23. The topological polar surface area (TPSA) is 54.4 Å². The van der Waals surface area contributed by atoms with Crippen LogP contribution in [-0.2, 0) is 17.9 Å². The van der Waals surface area contributed by atoms with Crippen LogP contribution in [0.2, 0.25) is 0 Å². The molecule has 2 N–H and O–H groups in total. The quantitative estimate of drug-likeness (QED) is 0.780. The van der Waals surface area contributed by atoms with Crippen LogP contribution in [0.5, 0.6) is 0 Å². The van der Waals surface area contributed by atoms with Crippen molar-refractivity contribution in [3.05, 3.63) is 65.5 Å². The van der Waals surface area contributed by atoms with Gasteiger partial charge in [0.15, 0.2) is 0 Å². The minimum absolute atomic E-state index is 0.327. The van der Waals surface area contributed by atoms with E-state index in [4.69, 9.17) is 4.74 Å². The molecule has 21 heavy (non-hydrogen) atoms. The third-order valence-corrected chi connectivity index (χ3v) is 3.10. The van der Waals surface area contributed by atoms with Crippen LogP contribution in [0.3, 0.4) is 0 Å². The second-order valence-electron chi connectivity index (χ2n) is 5.09. The fraction of sp³-hybridized carbons (Fsp3) is 0.353. The molecule has 1 unspecified atom stereocenters. The van der Waals surface area contributed by atoms with E-state index in [9.17, 15) is 5.11 Å². The highest BCUT2D eigenvalue weighted by atomic mass is 16.5. The molecule has 1 heterocycles. The van der Waals surface area contributed by atoms with E-state index >= 15 is 0 Å². The molecule has 0 bridgehead atoms. The van der Waals surface area contributed by atoms with Crippen LogP contribution in [-0.4, -0.2) is 29.3 Å². The average molecular weight is 286 g/mol. The zero-order valence-corrected chi connectivity index (χ0v) is 12.3. The Morgan fingerprint density at radius 3 is 2.67 bits per heavy atom. The lowest BCUT2D eigenvalue weighted by Crippen LogP contribution is -2.30. The number of pyridine rings is 1. The molecule has 0 amide bonds. The van der Waals surface area contributed by atoms with Crippen molar-refractivity contribution >= 4 is 0 Å². The minimum Gasteiger partial charge on any atom is -0.389 e. The molecule has 1 aromatic heterocycles. The number of hydrogen-bond donors (Lipinski definition) is 2. The molecule has 0 spiro atoms. The van der Waals surface area contributed by atoms with E-state index in [1.807, 2.05) is 55.6 Å². The number of aromatic nitrogens is 1. The van der Waals surface area contributed by atoms with Gasteiger partial charge in [-0.15, -0.1) is 0 Å². The lowest BCUT2D eigenvalue weighted by molar-refractivity contribution is 0.0287. The van der Waals surface area contributed by atoms with Gasteiger partial charge in [0, 0.05) is 25.0 Å². The number of rotatable bonds is 8. The molecule has 1 aromatic carbocycles. The molecule has 1 atom stereocenters. The Morgan fingerprint density at radius 2 is 1.95 bits per heavy atom. The summed E-state index contributed by atoms with van der Waals surface area (Å²) in [6.07, 6.45) is 1.34. The molecule has 0 aliphatic heterocycles. The zero-order chi connectivity index (χ0) is 14.9. The highest BCUT2D eigenvalue weighted by molar-refractivity contribution is 5.13. The van der Waals surface area contributed by atoms with Gasteiger partial charge in [-0.25, -0.2) is 0 Å². The van der Waals surface area contributed by atoms with Crippen LogP contribution in [0, 0.1) is 6.92 Å². The molecular weight excluding hydrogens is 264 g/mol. The predicted molar refractivity (Wildman–Crippen MR) is 82.8 cm³/mol. The Hall–Kier alpha value is -1.75. The average Bonchev–Trinajstić information content (AvgIpc) is 2.50. The molecule has 2 aromatic rings. The number of aliphatic hydroxyl groups is 1. The molecule has 0 radical (unpaired) electrons. The van der Waals surface area contributed by atoms with Gasteiger partial charge in [0.1, 0.15) is 0 Å². The summed E-state index contributed by atoms with van der Waals surface area (Å²) in [5, 5.41) is 13.0. The first kappa shape index (κ1) is 15.6. The van der Waals surface area contributed by atoms with Crippen LogP contribution in [0.1, 0.15) is 16.8 Å². The van der Waals surface area contributed by atoms with Gasteiger partial charge < -0.3 is 15.2 Å². The third-order valence-electron chi connectivity index (χ3n) is 3.10. The first-order valence-corrected chi connectivity index (χ1v) is 7.16. The monoisotopic (exact) mass is 286 g/mol. The number of ether oxygens (including phenoxy) is 1.